The van der Waals surface area contributed by atoms with Crippen molar-refractivity contribution in [2.75, 3.05) is 14.2 Å². The van der Waals surface area contributed by atoms with Crippen LogP contribution >= 0.6 is 0 Å². The molecule has 2 N–H and O–H groups in total. The van der Waals surface area contributed by atoms with Crippen molar-refractivity contribution >= 4 is 10.1 Å². The van der Waals surface area contributed by atoms with Crippen LogP contribution in [0.5, 0.6) is 17.2 Å². The third-order valence-corrected chi connectivity index (χ3v) is 4.55. The maximum Gasteiger partial charge on any atom is 0.298 e. The van der Waals surface area contributed by atoms with Crippen LogP contribution < -0.4 is 9.47 Å². The zero-order valence-electron chi connectivity index (χ0n) is 12.9. The molecule has 0 saturated heterocycles. The van der Waals surface area contributed by atoms with Gasteiger partial charge in [0.25, 0.3) is 10.1 Å². The minimum absolute atomic E-state index is 0.0855. The molecule has 1 rings (SSSR count). The van der Waals surface area contributed by atoms with Gasteiger partial charge in [0.15, 0.2) is 11.5 Å². The minimum atomic E-state index is -4.52. The van der Waals surface area contributed by atoms with Gasteiger partial charge in [0.05, 0.1) is 14.2 Å². The van der Waals surface area contributed by atoms with Crippen LogP contribution in [0.3, 0.4) is 0 Å². The molecule has 0 radical (unpaired) electrons. The van der Waals surface area contributed by atoms with E-state index in [-0.39, 0.29) is 28.1 Å². The van der Waals surface area contributed by atoms with E-state index in [1.54, 1.807) is 6.92 Å². The van der Waals surface area contributed by atoms with Crippen molar-refractivity contribution in [2.24, 2.45) is 0 Å². The van der Waals surface area contributed by atoms with Crippen molar-refractivity contribution in [1.82, 2.24) is 0 Å². The number of benzene rings is 1. The van der Waals surface area contributed by atoms with E-state index >= 15 is 0 Å². The molecule has 0 heterocycles. The summed E-state index contributed by atoms with van der Waals surface area (Å²) < 4.78 is 43.3. The molecule has 21 heavy (non-hydrogen) atoms. The summed E-state index contributed by atoms with van der Waals surface area (Å²) in [7, 11) is -1.96. The van der Waals surface area contributed by atoms with Gasteiger partial charge < -0.3 is 14.6 Å². The van der Waals surface area contributed by atoms with Crippen molar-refractivity contribution in [1.29, 1.82) is 0 Å². The molecule has 1 aromatic rings. The number of hydrogen-bond donors (Lipinski definition) is 2. The van der Waals surface area contributed by atoms with Crippen LogP contribution in [0.1, 0.15) is 44.2 Å². The molecule has 0 aliphatic heterocycles. The Morgan fingerprint density at radius 2 is 1.67 bits per heavy atom. The van der Waals surface area contributed by atoms with Crippen LogP contribution in [0.2, 0.25) is 0 Å². The predicted octanol–water partition coefficient (Wildman–Crippen LogP) is 2.73. The molecule has 0 amide bonds. The smallest absolute Gasteiger partial charge is 0.298 e. The zero-order chi connectivity index (χ0) is 16.4. The molecule has 7 heteroatoms. The number of methoxy groups -OCH3 is 2. The molecule has 1 atom stereocenters. The summed E-state index contributed by atoms with van der Waals surface area (Å²) in [6.07, 6.45) is 1.02. The third kappa shape index (κ3) is 3.08. The highest BCUT2D eigenvalue weighted by atomic mass is 32.2. The number of hydrogen-bond acceptors (Lipinski definition) is 5. The van der Waals surface area contributed by atoms with E-state index < -0.39 is 10.1 Å². The van der Waals surface area contributed by atoms with Gasteiger partial charge in [-0.3, -0.25) is 4.55 Å². The second-order valence-electron chi connectivity index (χ2n) is 4.77. The molecular weight excluding hydrogens is 296 g/mol. The van der Waals surface area contributed by atoms with Crippen LogP contribution in [0, 0.1) is 0 Å². The van der Waals surface area contributed by atoms with Crippen LogP contribution in [0.25, 0.3) is 0 Å². The molecule has 0 aromatic heterocycles. The van der Waals surface area contributed by atoms with Gasteiger partial charge >= 0.3 is 0 Å². The highest BCUT2D eigenvalue weighted by Crippen LogP contribution is 2.49. The van der Waals surface area contributed by atoms with Gasteiger partial charge in [0.2, 0.25) is 5.75 Å². The van der Waals surface area contributed by atoms with Crippen LogP contribution in [-0.2, 0) is 16.5 Å². The van der Waals surface area contributed by atoms with Gasteiger partial charge in [-0.1, -0.05) is 20.8 Å². The Hall–Kier alpha value is -1.47. The lowest BCUT2D eigenvalue weighted by atomic mass is 9.90. The highest BCUT2D eigenvalue weighted by Gasteiger charge is 2.32. The first-order valence-electron chi connectivity index (χ1n) is 6.71. The summed E-state index contributed by atoms with van der Waals surface area (Å²) in [6.45, 7) is 5.54. The van der Waals surface area contributed by atoms with E-state index in [1.807, 2.05) is 13.8 Å². The molecule has 120 valence electrons. The van der Waals surface area contributed by atoms with Gasteiger partial charge in [-0.15, -0.1) is 0 Å². The molecule has 1 aromatic carbocycles. The lowest BCUT2D eigenvalue weighted by Crippen LogP contribution is -2.11. The number of aromatic hydroxyl groups is 1. The SMILES string of the molecule is CCc1c(C(C)CC)c(O)c(OC)c(OC)c1S(=O)(=O)O. The summed E-state index contributed by atoms with van der Waals surface area (Å²) in [6, 6.07) is 0. The molecule has 0 saturated carbocycles. The van der Waals surface area contributed by atoms with Crippen LogP contribution in [-0.4, -0.2) is 32.3 Å². The fourth-order valence-corrected chi connectivity index (χ4v) is 3.44. The normalized spacial score (nSPS) is 13.0. The Balaban J connectivity index is 4.01. The topological polar surface area (TPSA) is 93.1 Å². The Morgan fingerprint density at radius 1 is 1.14 bits per heavy atom. The number of phenols is 1. The van der Waals surface area contributed by atoms with E-state index in [9.17, 15) is 18.1 Å². The summed E-state index contributed by atoms with van der Waals surface area (Å²) in [5.41, 5.74) is 0.812. The predicted molar refractivity (Wildman–Crippen MR) is 79.1 cm³/mol. The van der Waals surface area contributed by atoms with E-state index in [2.05, 4.69) is 0 Å². The van der Waals surface area contributed by atoms with Crippen LogP contribution in [0.15, 0.2) is 4.90 Å². The van der Waals surface area contributed by atoms with Gasteiger partial charge in [-0.2, -0.15) is 8.42 Å². The molecule has 0 aliphatic carbocycles. The summed E-state index contributed by atoms with van der Waals surface area (Å²) in [5.74, 6) is -0.507. The van der Waals surface area contributed by atoms with Crippen molar-refractivity contribution in [3.8, 4) is 17.2 Å². The lowest BCUT2D eigenvalue weighted by molar-refractivity contribution is 0.320. The number of ether oxygens (including phenoxy) is 2. The number of phenolic OH excluding ortho intramolecular Hbond substituents is 1. The van der Waals surface area contributed by atoms with E-state index in [1.165, 1.54) is 14.2 Å². The first kappa shape index (κ1) is 17.6. The maximum atomic E-state index is 11.8. The van der Waals surface area contributed by atoms with Crippen molar-refractivity contribution in [3.63, 3.8) is 0 Å². The van der Waals surface area contributed by atoms with Gasteiger partial charge in [-0.25, -0.2) is 0 Å². The van der Waals surface area contributed by atoms with E-state index in [0.717, 1.165) is 0 Å². The summed E-state index contributed by atoms with van der Waals surface area (Å²) in [4.78, 5) is -0.336. The summed E-state index contributed by atoms with van der Waals surface area (Å²) >= 11 is 0. The fourth-order valence-electron chi connectivity index (χ4n) is 2.47. The first-order chi connectivity index (χ1) is 9.74. The zero-order valence-corrected chi connectivity index (χ0v) is 13.7. The third-order valence-electron chi connectivity index (χ3n) is 3.61. The monoisotopic (exact) mass is 318 g/mol. The van der Waals surface area contributed by atoms with Gasteiger partial charge in [-0.05, 0) is 24.3 Å². The lowest BCUT2D eigenvalue weighted by Gasteiger charge is -2.23. The minimum Gasteiger partial charge on any atom is -0.504 e. The highest BCUT2D eigenvalue weighted by molar-refractivity contribution is 7.86. The fraction of sp³-hybridized carbons (Fsp3) is 0.571. The molecule has 0 aliphatic rings. The Kier molecular flexibility index (Phi) is 5.47. The Morgan fingerprint density at radius 3 is 2.00 bits per heavy atom. The van der Waals surface area contributed by atoms with Gasteiger partial charge in [0, 0.05) is 5.56 Å². The Labute approximate surface area is 125 Å². The summed E-state index contributed by atoms with van der Waals surface area (Å²) in [5, 5.41) is 10.4. The quantitative estimate of drug-likeness (QED) is 0.783. The van der Waals surface area contributed by atoms with E-state index in [4.69, 9.17) is 9.47 Å². The molecule has 1 unspecified atom stereocenters. The molecule has 0 spiro atoms. The van der Waals surface area contributed by atoms with Crippen molar-refractivity contribution in [3.05, 3.63) is 11.1 Å². The van der Waals surface area contributed by atoms with Crippen molar-refractivity contribution in [2.45, 2.75) is 44.4 Å². The first-order valence-corrected chi connectivity index (χ1v) is 8.15. The molecule has 0 fully saturated rings. The molecule has 0 bridgehead atoms. The second kappa shape index (κ2) is 6.53. The van der Waals surface area contributed by atoms with E-state index in [0.29, 0.717) is 24.0 Å². The van der Waals surface area contributed by atoms with Gasteiger partial charge in [0.1, 0.15) is 4.90 Å². The van der Waals surface area contributed by atoms with Crippen LogP contribution in [0.4, 0.5) is 0 Å². The maximum absolute atomic E-state index is 11.8. The molecule has 6 nitrogen and oxygen atoms in total. The largest absolute Gasteiger partial charge is 0.504 e. The Bertz CT molecular complexity index is 621. The average molecular weight is 318 g/mol. The average Bonchev–Trinajstić information content (AvgIpc) is 2.43. The standard InChI is InChI=1S/C14H22O6S/c1-6-8(3)10-9(7-2)14(21(16,17)18)13(20-5)12(19-4)11(10)15/h8,15H,6-7H2,1-5H3,(H,16,17,18). The van der Waals surface area contributed by atoms with Crippen molar-refractivity contribution < 1.29 is 27.6 Å². The molecular formula is C14H22O6S. The second-order valence-corrected chi connectivity index (χ2v) is 6.13. The number of rotatable bonds is 6.